The van der Waals surface area contributed by atoms with E-state index in [2.05, 4.69) is 0 Å². The van der Waals surface area contributed by atoms with Crippen LogP contribution in [-0.4, -0.2) is 5.97 Å². The van der Waals surface area contributed by atoms with Crippen molar-refractivity contribution in [3.8, 4) is 0 Å². The van der Waals surface area contributed by atoms with E-state index in [0.717, 1.165) is 18.4 Å². The molecular formula is C11H11ClO2. The molecule has 1 aliphatic heterocycles. The van der Waals surface area contributed by atoms with Gasteiger partial charge in [-0.3, -0.25) is 4.79 Å². The third-order valence-corrected chi connectivity index (χ3v) is 2.61. The molecule has 0 unspecified atom stereocenters. The van der Waals surface area contributed by atoms with Gasteiger partial charge in [-0.1, -0.05) is 23.7 Å². The van der Waals surface area contributed by atoms with Crippen LogP contribution in [0.15, 0.2) is 24.3 Å². The molecule has 1 aromatic carbocycles. The summed E-state index contributed by atoms with van der Waals surface area (Å²) >= 11 is 5.77. The number of hydrogen-bond acceptors (Lipinski definition) is 2. The summed E-state index contributed by atoms with van der Waals surface area (Å²) in [6, 6.07) is 7.45. The van der Waals surface area contributed by atoms with Crippen LogP contribution in [0.25, 0.3) is 0 Å². The fourth-order valence-corrected chi connectivity index (χ4v) is 1.75. The molecule has 2 nitrogen and oxygen atoms in total. The second kappa shape index (κ2) is 4.01. The third-order valence-electron chi connectivity index (χ3n) is 2.36. The Morgan fingerprint density at radius 1 is 1.29 bits per heavy atom. The Labute approximate surface area is 87.8 Å². The zero-order valence-electron chi connectivity index (χ0n) is 7.70. The van der Waals surface area contributed by atoms with E-state index in [0.29, 0.717) is 11.4 Å². The van der Waals surface area contributed by atoms with Crippen molar-refractivity contribution in [3.63, 3.8) is 0 Å². The second-order valence-corrected chi connectivity index (χ2v) is 3.86. The van der Waals surface area contributed by atoms with Crippen molar-refractivity contribution >= 4 is 17.6 Å². The molecule has 0 radical (unpaired) electrons. The van der Waals surface area contributed by atoms with Crippen molar-refractivity contribution in [2.45, 2.75) is 25.4 Å². The summed E-state index contributed by atoms with van der Waals surface area (Å²) in [5.74, 6) is -0.101. The van der Waals surface area contributed by atoms with Crippen molar-refractivity contribution in [2.24, 2.45) is 0 Å². The van der Waals surface area contributed by atoms with E-state index in [4.69, 9.17) is 16.3 Å². The highest BCUT2D eigenvalue weighted by molar-refractivity contribution is 6.30. The van der Waals surface area contributed by atoms with Crippen LogP contribution in [0.2, 0.25) is 5.02 Å². The Morgan fingerprint density at radius 2 is 2.00 bits per heavy atom. The average molecular weight is 211 g/mol. The van der Waals surface area contributed by atoms with Crippen LogP contribution in [0.5, 0.6) is 0 Å². The minimum atomic E-state index is -0.101. The Hall–Kier alpha value is -1.02. The number of carbonyl (C=O) groups excluding carboxylic acids is 1. The fraction of sp³-hybridized carbons (Fsp3) is 0.364. The maximum absolute atomic E-state index is 11.1. The van der Waals surface area contributed by atoms with Crippen LogP contribution in [0.4, 0.5) is 0 Å². The zero-order chi connectivity index (χ0) is 9.97. The molecule has 0 amide bonds. The highest BCUT2D eigenvalue weighted by Gasteiger charge is 2.21. The molecular weight excluding hydrogens is 200 g/mol. The van der Waals surface area contributed by atoms with Crippen molar-refractivity contribution in [3.05, 3.63) is 34.9 Å². The summed E-state index contributed by atoms with van der Waals surface area (Å²) in [4.78, 5) is 11.1. The maximum Gasteiger partial charge on any atom is 0.306 e. The summed E-state index contributed by atoms with van der Waals surface area (Å²) in [6.45, 7) is 0. The van der Waals surface area contributed by atoms with E-state index in [1.54, 1.807) is 0 Å². The lowest BCUT2D eigenvalue weighted by molar-refractivity contribution is -0.154. The number of ether oxygens (including phenoxy) is 1. The summed E-state index contributed by atoms with van der Waals surface area (Å²) < 4.78 is 5.23. The highest BCUT2D eigenvalue weighted by Crippen LogP contribution is 2.28. The molecule has 1 atom stereocenters. The quantitative estimate of drug-likeness (QED) is 0.666. The topological polar surface area (TPSA) is 26.3 Å². The van der Waals surface area contributed by atoms with Crippen LogP contribution < -0.4 is 0 Å². The number of esters is 1. The van der Waals surface area contributed by atoms with E-state index in [1.807, 2.05) is 24.3 Å². The first-order chi connectivity index (χ1) is 6.75. The van der Waals surface area contributed by atoms with Crippen LogP contribution in [0, 0.1) is 0 Å². The lowest BCUT2D eigenvalue weighted by atomic mass is 10.0. The molecule has 0 saturated carbocycles. The molecule has 1 aromatic rings. The normalized spacial score (nSPS) is 21.8. The van der Waals surface area contributed by atoms with E-state index >= 15 is 0 Å². The smallest absolute Gasteiger partial charge is 0.306 e. The minimum absolute atomic E-state index is 0.0754. The Balaban J connectivity index is 2.14. The molecule has 0 aliphatic carbocycles. The molecule has 3 heteroatoms. The first kappa shape index (κ1) is 9.53. The SMILES string of the molecule is O=C1CCC[C@H](c2ccc(Cl)cc2)O1. The van der Waals surface area contributed by atoms with Gasteiger partial charge in [0.2, 0.25) is 0 Å². The van der Waals surface area contributed by atoms with Gasteiger partial charge in [0, 0.05) is 11.4 Å². The van der Waals surface area contributed by atoms with Gasteiger partial charge in [0.05, 0.1) is 0 Å². The number of cyclic esters (lactones) is 1. The minimum Gasteiger partial charge on any atom is -0.457 e. The molecule has 0 N–H and O–H groups in total. The first-order valence-corrected chi connectivity index (χ1v) is 5.08. The number of hydrogen-bond donors (Lipinski definition) is 0. The Bertz CT molecular complexity index is 332. The molecule has 1 aliphatic rings. The predicted octanol–water partition coefficient (Wildman–Crippen LogP) is 3.11. The van der Waals surface area contributed by atoms with E-state index in [-0.39, 0.29) is 12.1 Å². The van der Waals surface area contributed by atoms with Crippen molar-refractivity contribution in [1.82, 2.24) is 0 Å². The second-order valence-electron chi connectivity index (χ2n) is 3.42. The molecule has 74 valence electrons. The first-order valence-electron chi connectivity index (χ1n) is 4.70. The molecule has 1 saturated heterocycles. The fourth-order valence-electron chi connectivity index (χ4n) is 1.62. The Morgan fingerprint density at radius 3 is 2.64 bits per heavy atom. The van der Waals surface area contributed by atoms with Gasteiger partial charge in [-0.2, -0.15) is 0 Å². The van der Waals surface area contributed by atoms with Gasteiger partial charge < -0.3 is 4.74 Å². The lowest BCUT2D eigenvalue weighted by Gasteiger charge is -2.22. The highest BCUT2D eigenvalue weighted by atomic mass is 35.5. The zero-order valence-corrected chi connectivity index (χ0v) is 8.46. The van der Waals surface area contributed by atoms with Gasteiger partial charge in [0.1, 0.15) is 6.10 Å². The van der Waals surface area contributed by atoms with Gasteiger partial charge >= 0.3 is 5.97 Å². The van der Waals surface area contributed by atoms with Gasteiger partial charge in [-0.05, 0) is 30.5 Å². The number of rotatable bonds is 1. The Kier molecular flexibility index (Phi) is 2.73. The molecule has 1 heterocycles. The van der Waals surface area contributed by atoms with Crippen molar-refractivity contribution < 1.29 is 9.53 Å². The molecule has 14 heavy (non-hydrogen) atoms. The van der Waals surface area contributed by atoms with Crippen LogP contribution in [0.3, 0.4) is 0 Å². The maximum atomic E-state index is 11.1. The number of benzene rings is 1. The van der Waals surface area contributed by atoms with Gasteiger partial charge in [0.15, 0.2) is 0 Å². The monoisotopic (exact) mass is 210 g/mol. The van der Waals surface area contributed by atoms with Crippen molar-refractivity contribution in [2.75, 3.05) is 0 Å². The average Bonchev–Trinajstić information content (AvgIpc) is 2.19. The van der Waals surface area contributed by atoms with E-state index in [9.17, 15) is 4.79 Å². The molecule has 0 spiro atoms. The summed E-state index contributed by atoms with van der Waals surface area (Å²) in [7, 11) is 0. The van der Waals surface area contributed by atoms with E-state index < -0.39 is 0 Å². The predicted molar refractivity (Wildman–Crippen MR) is 54.1 cm³/mol. The van der Waals surface area contributed by atoms with Gasteiger partial charge in [-0.15, -0.1) is 0 Å². The van der Waals surface area contributed by atoms with Crippen molar-refractivity contribution in [1.29, 1.82) is 0 Å². The van der Waals surface area contributed by atoms with Crippen LogP contribution in [0.1, 0.15) is 30.9 Å². The number of halogens is 1. The summed E-state index contributed by atoms with van der Waals surface area (Å²) in [5, 5.41) is 0.705. The van der Waals surface area contributed by atoms with Crippen LogP contribution in [-0.2, 0) is 9.53 Å². The van der Waals surface area contributed by atoms with Gasteiger partial charge in [0.25, 0.3) is 0 Å². The van der Waals surface area contributed by atoms with E-state index in [1.165, 1.54) is 0 Å². The molecule has 0 bridgehead atoms. The lowest BCUT2D eigenvalue weighted by Crippen LogP contribution is -2.16. The summed E-state index contributed by atoms with van der Waals surface area (Å²) in [5.41, 5.74) is 1.03. The van der Waals surface area contributed by atoms with Crippen LogP contribution >= 0.6 is 11.6 Å². The molecule has 2 rings (SSSR count). The molecule has 0 aromatic heterocycles. The number of carbonyl (C=O) groups is 1. The standard InChI is InChI=1S/C11H11ClO2/c12-9-6-4-8(5-7-9)10-2-1-3-11(13)14-10/h4-7,10H,1-3H2/t10-/m1/s1. The molecule has 1 fully saturated rings. The third kappa shape index (κ3) is 2.07. The largest absolute Gasteiger partial charge is 0.457 e. The van der Waals surface area contributed by atoms with Gasteiger partial charge in [-0.25, -0.2) is 0 Å². The summed E-state index contributed by atoms with van der Waals surface area (Å²) in [6.07, 6.45) is 2.29.